The minimum absolute atomic E-state index is 0.0622. The van der Waals surface area contributed by atoms with Gasteiger partial charge in [-0.3, -0.25) is 24.5 Å². The molecule has 2 aliphatic heterocycles. The van der Waals surface area contributed by atoms with E-state index in [1.165, 1.54) is 24.1 Å². The number of benzene rings is 1. The third-order valence-corrected chi connectivity index (χ3v) is 4.43. The lowest BCUT2D eigenvalue weighted by Gasteiger charge is -2.30. The Morgan fingerprint density at radius 3 is 2.68 bits per heavy atom. The van der Waals surface area contributed by atoms with Crippen LogP contribution in [0.5, 0.6) is 5.75 Å². The first-order valence-electron chi connectivity index (χ1n) is 8.07. The van der Waals surface area contributed by atoms with Gasteiger partial charge in [-0.1, -0.05) is 0 Å². The van der Waals surface area contributed by atoms with E-state index in [1.54, 1.807) is 6.07 Å². The molecule has 8 nitrogen and oxygen atoms in total. The Labute approximate surface area is 144 Å². The Kier molecular flexibility index (Phi) is 4.80. The maximum atomic E-state index is 12.7. The molecule has 0 aromatic heterocycles. The van der Waals surface area contributed by atoms with Crippen molar-refractivity contribution < 1.29 is 23.9 Å². The zero-order valence-corrected chi connectivity index (χ0v) is 13.8. The summed E-state index contributed by atoms with van der Waals surface area (Å²) < 4.78 is 5.69. The summed E-state index contributed by atoms with van der Waals surface area (Å²) in [6.45, 7) is 1.49. The molecule has 25 heavy (non-hydrogen) atoms. The van der Waals surface area contributed by atoms with Gasteiger partial charge in [0.25, 0.3) is 5.91 Å². The molecule has 2 heterocycles. The number of rotatable bonds is 5. The Morgan fingerprint density at radius 2 is 2.08 bits per heavy atom. The molecular weight excluding hydrogens is 326 g/mol. The first-order valence-corrected chi connectivity index (χ1v) is 8.07. The van der Waals surface area contributed by atoms with Gasteiger partial charge in [-0.05, 0) is 24.6 Å². The molecule has 3 amide bonds. The van der Waals surface area contributed by atoms with Crippen LogP contribution in [0.4, 0.5) is 0 Å². The smallest absolute Gasteiger partial charge is 0.255 e. The van der Waals surface area contributed by atoms with E-state index in [1.807, 2.05) is 0 Å². The number of imide groups is 1. The predicted octanol–water partition coefficient (Wildman–Crippen LogP) is -0.273. The summed E-state index contributed by atoms with van der Waals surface area (Å²) in [6.07, 6.45) is 1.10. The van der Waals surface area contributed by atoms with Gasteiger partial charge in [0.05, 0.1) is 5.56 Å². The summed E-state index contributed by atoms with van der Waals surface area (Å²) in [7, 11) is 1.49. The van der Waals surface area contributed by atoms with Crippen molar-refractivity contribution in [1.82, 2.24) is 15.5 Å². The lowest BCUT2D eigenvalue weighted by atomic mass is 10.0. The van der Waals surface area contributed by atoms with Gasteiger partial charge in [-0.25, -0.2) is 0 Å². The van der Waals surface area contributed by atoms with Crippen LogP contribution in [0.2, 0.25) is 0 Å². The zero-order chi connectivity index (χ0) is 18.0. The highest BCUT2D eigenvalue weighted by Crippen LogP contribution is 2.21. The number of amides is 3. The fourth-order valence-corrected chi connectivity index (χ4v) is 2.83. The van der Waals surface area contributed by atoms with Crippen LogP contribution in [0.3, 0.4) is 0 Å². The molecule has 0 saturated carbocycles. The third-order valence-electron chi connectivity index (χ3n) is 4.43. The molecule has 2 fully saturated rings. The summed E-state index contributed by atoms with van der Waals surface area (Å²) in [5.41, 5.74) is 0.398. The van der Waals surface area contributed by atoms with Crippen molar-refractivity contribution in [2.75, 3.05) is 20.1 Å². The van der Waals surface area contributed by atoms with E-state index in [4.69, 9.17) is 4.74 Å². The summed E-state index contributed by atoms with van der Waals surface area (Å²) in [4.78, 5) is 48.5. The van der Waals surface area contributed by atoms with Gasteiger partial charge in [0.1, 0.15) is 17.9 Å². The van der Waals surface area contributed by atoms with Gasteiger partial charge in [0, 0.05) is 32.1 Å². The third kappa shape index (κ3) is 3.53. The maximum Gasteiger partial charge on any atom is 0.255 e. The Morgan fingerprint density at radius 1 is 1.32 bits per heavy atom. The average Bonchev–Trinajstić information content (AvgIpc) is 2.56. The molecule has 2 N–H and O–H groups in total. The Bertz CT molecular complexity index is 729. The number of aldehydes is 1. The van der Waals surface area contributed by atoms with E-state index in [0.717, 1.165) is 13.1 Å². The molecule has 0 aliphatic carbocycles. The molecule has 2 aliphatic rings. The zero-order valence-electron chi connectivity index (χ0n) is 13.8. The second kappa shape index (κ2) is 7.02. The van der Waals surface area contributed by atoms with E-state index in [0.29, 0.717) is 12.0 Å². The summed E-state index contributed by atoms with van der Waals surface area (Å²) >= 11 is 0. The van der Waals surface area contributed by atoms with Gasteiger partial charge in [-0.15, -0.1) is 0 Å². The van der Waals surface area contributed by atoms with Crippen LogP contribution >= 0.6 is 0 Å². The summed E-state index contributed by atoms with van der Waals surface area (Å²) in [5, 5.41) is 5.30. The Balaban J connectivity index is 1.77. The molecule has 1 aromatic carbocycles. The topological polar surface area (TPSA) is 105 Å². The van der Waals surface area contributed by atoms with E-state index >= 15 is 0 Å². The highest BCUT2D eigenvalue weighted by atomic mass is 16.5. The molecule has 1 atom stereocenters. The van der Waals surface area contributed by atoms with E-state index in [-0.39, 0.29) is 36.0 Å². The van der Waals surface area contributed by atoms with Crippen molar-refractivity contribution in [2.45, 2.75) is 25.0 Å². The van der Waals surface area contributed by atoms with Crippen LogP contribution in [-0.4, -0.2) is 61.2 Å². The van der Waals surface area contributed by atoms with Crippen molar-refractivity contribution >= 4 is 24.0 Å². The van der Waals surface area contributed by atoms with E-state index < -0.39 is 17.9 Å². The second-order valence-corrected chi connectivity index (χ2v) is 6.15. The van der Waals surface area contributed by atoms with Gasteiger partial charge in [0.2, 0.25) is 11.8 Å². The van der Waals surface area contributed by atoms with Gasteiger partial charge in [0.15, 0.2) is 6.29 Å². The number of hydrogen-bond donors (Lipinski definition) is 2. The van der Waals surface area contributed by atoms with Crippen LogP contribution < -0.4 is 15.4 Å². The molecule has 3 rings (SSSR count). The molecule has 132 valence electrons. The molecule has 2 saturated heterocycles. The first-order chi connectivity index (χ1) is 12.0. The number of carbonyl (C=O) groups excluding carboxylic acids is 4. The fraction of sp³-hybridized carbons (Fsp3) is 0.412. The van der Waals surface area contributed by atoms with Crippen LogP contribution in [0.25, 0.3) is 0 Å². The molecule has 8 heteroatoms. The number of nitrogens with one attached hydrogen (secondary N) is 2. The van der Waals surface area contributed by atoms with Gasteiger partial charge < -0.3 is 15.0 Å². The number of likely N-dealkylation sites (N-methyl/N-ethyl adjacent to an activating group) is 1. The maximum absolute atomic E-state index is 12.7. The number of hydrogen-bond acceptors (Lipinski definition) is 6. The van der Waals surface area contributed by atoms with Crippen LogP contribution in [0.1, 0.15) is 33.6 Å². The number of ether oxygens (including phenoxy) is 1. The molecular formula is C17H19N3O5. The van der Waals surface area contributed by atoms with Crippen LogP contribution in [-0.2, 0) is 9.59 Å². The predicted molar refractivity (Wildman–Crippen MR) is 87.4 cm³/mol. The highest BCUT2D eigenvalue weighted by Gasteiger charge is 2.33. The standard InChI is InChI=1S/C17H19N3O5/c1-20(14-4-5-15(22)19-16(14)23)17(24)13-3-2-11(6-10(13)9-21)25-12-7-18-8-12/h2-3,6,9,12,14,18H,4-5,7-8H2,1H3,(H,19,22,23). The fourth-order valence-electron chi connectivity index (χ4n) is 2.83. The van der Waals surface area contributed by atoms with E-state index in [9.17, 15) is 19.2 Å². The number of carbonyl (C=O) groups is 4. The summed E-state index contributed by atoms with van der Waals surface area (Å²) in [6, 6.07) is 3.95. The minimum atomic E-state index is -0.735. The molecule has 0 radical (unpaired) electrons. The lowest BCUT2D eigenvalue weighted by Crippen LogP contribution is -2.53. The first kappa shape index (κ1) is 17.1. The van der Waals surface area contributed by atoms with Crippen molar-refractivity contribution in [3.8, 4) is 5.75 Å². The van der Waals surface area contributed by atoms with Crippen LogP contribution in [0.15, 0.2) is 18.2 Å². The van der Waals surface area contributed by atoms with Crippen molar-refractivity contribution in [1.29, 1.82) is 0 Å². The molecule has 1 aromatic rings. The van der Waals surface area contributed by atoms with Gasteiger partial charge >= 0.3 is 0 Å². The largest absolute Gasteiger partial charge is 0.488 e. The van der Waals surface area contributed by atoms with Crippen LogP contribution in [0, 0.1) is 0 Å². The Hall–Kier alpha value is -2.74. The quantitative estimate of drug-likeness (QED) is 0.562. The van der Waals surface area contributed by atoms with Gasteiger partial charge in [-0.2, -0.15) is 0 Å². The highest BCUT2D eigenvalue weighted by molar-refractivity contribution is 6.06. The monoisotopic (exact) mass is 345 g/mol. The normalized spacial score (nSPS) is 20.4. The SMILES string of the molecule is CN(C(=O)c1ccc(OC2CNC2)cc1C=O)C1CCC(=O)NC1=O. The molecule has 0 bridgehead atoms. The van der Waals surface area contributed by atoms with Crippen molar-refractivity contribution in [3.05, 3.63) is 29.3 Å². The number of piperidine rings is 1. The van der Waals surface area contributed by atoms with Crippen molar-refractivity contribution in [3.63, 3.8) is 0 Å². The second-order valence-electron chi connectivity index (χ2n) is 6.15. The van der Waals surface area contributed by atoms with Crippen molar-refractivity contribution in [2.24, 2.45) is 0 Å². The minimum Gasteiger partial charge on any atom is -0.488 e. The average molecular weight is 345 g/mol. The number of nitrogens with zero attached hydrogens (tertiary/aromatic N) is 1. The van der Waals surface area contributed by atoms with E-state index in [2.05, 4.69) is 10.6 Å². The summed E-state index contributed by atoms with van der Waals surface area (Å²) in [5.74, 6) is -0.776. The molecule has 0 spiro atoms. The lowest BCUT2D eigenvalue weighted by molar-refractivity contribution is -0.136. The molecule has 1 unspecified atom stereocenters.